The summed E-state index contributed by atoms with van der Waals surface area (Å²) in [6.45, 7) is 4.53. The number of fused-ring (bicyclic) bond motifs is 1. The molecule has 3 N–H and O–H groups in total. The first kappa shape index (κ1) is 10.4. The standard InChI is InChI=1S/C13H17N3O/c1-8(13(2)5-6-13)14-9-3-4-10-11(7-9)16-12(17)15-10/h3-4,7-8,14H,5-6H2,1-2H3,(H2,15,16,17). The molecule has 1 aliphatic carbocycles. The molecule has 1 saturated carbocycles. The molecule has 17 heavy (non-hydrogen) atoms. The number of benzene rings is 1. The molecule has 1 atom stereocenters. The summed E-state index contributed by atoms with van der Waals surface area (Å²) in [5.41, 5.74) is 3.06. The molecule has 0 bridgehead atoms. The van der Waals surface area contributed by atoms with Crippen molar-refractivity contribution in [2.45, 2.75) is 32.7 Å². The second-order valence-corrected chi connectivity index (χ2v) is 5.36. The minimum absolute atomic E-state index is 0.153. The smallest absolute Gasteiger partial charge is 0.323 e. The molecule has 1 aromatic heterocycles. The van der Waals surface area contributed by atoms with Crippen LogP contribution in [-0.2, 0) is 0 Å². The van der Waals surface area contributed by atoms with Gasteiger partial charge in [0, 0.05) is 11.7 Å². The number of nitrogens with one attached hydrogen (secondary N) is 3. The molecule has 0 spiro atoms. The molecule has 1 aliphatic rings. The third-order valence-corrected chi connectivity index (χ3v) is 3.98. The summed E-state index contributed by atoms with van der Waals surface area (Å²) in [5.74, 6) is 0. The minimum Gasteiger partial charge on any atom is -0.382 e. The molecule has 0 radical (unpaired) electrons. The fourth-order valence-corrected chi connectivity index (χ4v) is 2.18. The predicted octanol–water partition coefficient (Wildman–Crippen LogP) is 2.46. The van der Waals surface area contributed by atoms with Gasteiger partial charge in [0.2, 0.25) is 0 Å². The van der Waals surface area contributed by atoms with Gasteiger partial charge in [0.25, 0.3) is 0 Å². The lowest BCUT2D eigenvalue weighted by Crippen LogP contribution is -2.24. The Hall–Kier alpha value is -1.71. The van der Waals surface area contributed by atoms with Gasteiger partial charge in [0.15, 0.2) is 0 Å². The molecule has 90 valence electrons. The summed E-state index contributed by atoms with van der Waals surface area (Å²) in [4.78, 5) is 16.7. The van der Waals surface area contributed by atoms with Crippen molar-refractivity contribution in [1.29, 1.82) is 0 Å². The highest BCUT2D eigenvalue weighted by Crippen LogP contribution is 2.48. The van der Waals surface area contributed by atoms with Gasteiger partial charge in [-0.25, -0.2) is 4.79 Å². The molecule has 4 heteroatoms. The van der Waals surface area contributed by atoms with Crippen molar-refractivity contribution in [2.75, 3.05) is 5.32 Å². The minimum atomic E-state index is -0.153. The lowest BCUT2D eigenvalue weighted by molar-refractivity contribution is 0.493. The van der Waals surface area contributed by atoms with Crippen LogP contribution in [0.15, 0.2) is 23.0 Å². The summed E-state index contributed by atoms with van der Waals surface area (Å²) in [6, 6.07) is 6.38. The van der Waals surface area contributed by atoms with Crippen molar-refractivity contribution >= 4 is 16.7 Å². The van der Waals surface area contributed by atoms with Crippen LogP contribution in [0.1, 0.15) is 26.7 Å². The van der Waals surface area contributed by atoms with E-state index < -0.39 is 0 Å². The first-order chi connectivity index (χ1) is 8.07. The van der Waals surface area contributed by atoms with E-state index in [1.54, 1.807) is 0 Å². The summed E-state index contributed by atoms with van der Waals surface area (Å²) >= 11 is 0. The first-order valence-electron chi connectivity index (χ1n) is 6.05. The average Bonchev–Trinajstić information content (AvgIpc) is 2.91. The van der Waals surface area contributed by atoms with Crippen molar-refractivity contribution in [2.24, 2.45) is 5.41 Å². The summed E-state index contributed by atoms with van der Waals surface area (Å²) in [7, 11) is 0. The van der Waals surface area contributed by atoms with Crippen LogP contribution < -0.4 is 11.0 Å². The summed E-state index contributed by atoms with van der Waals surface area (Å²) < 4.78 is 0. The molecular weight excluding hydrogens is 214 g/mol. The maximum absolute atomic E-state index is 11.2. The Morgan fingerprint density at radius 1 is 1.29 bits per heavy atom. The number of H-pyrrole nitrogens is 2. The van der Waals surface area contributed by atoms with Crippen molar-refractivity contribution in [3.63, 3.8) is 0 Å². The molecule has 1 unspecified atom stereocenters. The summed E-state index contributed by atoms with van der Waals surface area (Å²) in [5, 5.41) is 3.51. The number of hydrogen-bond acceptors (Lipinski definition) is 2. The van der Waals surface area contributed by atoms with Gasteiger partial charge < -0.3 is 15.3 Å². The Balaban J connectivity index is 1.87. The molecule has 0 amide bonds. The Morgan fingerprint density at radius 3 is 2.71 bits per heavy atom. The number of aromatic amines is 2. The molecule has 1 heterocycles. The van der Waals surface area contributed by atoms with E-state index in [1.807, 2.05) is 18.2 Å². The quantitative estimate of drug-likeness (QED) is 0.760. The van der Waals surface area contributed by atoms with Gasteiger partial charge in [-0.1, -0.05) is 6.92 Å². The van der Waals surface area contributed by atoms with Crippen LogP contribution >= 0.6 is 0 Å². The normalized spacial score (nSPS) is 19.2. The molecular formula is C13H17N3O. The Morgan fingerprint density at radius 2 is 2.00 bits per heavy atom. The van der Waals surface area contributed by atoms with Gasteiger partial charge in [-0.3, -0.25) is 0 Å². The van der Waals surface area contributed by atoms with Crippen LogP contribution in [0.25, 0.3) is 11.0 Å². The van der Waals surface area contributed by atoms with E-state index in [-0.39, 0.29) is 5.69 Å². The Labute approximate surface area is 99.4 Å². The van der Waals surface area contributed by atoms with E-state index in [1.165, 1.54) is 12.8 Å². The maximum Gasteiger partial charge on any atom is 0.323 e. The molecule has 4 nitrogen and oxygen atoms in total. The number of rotatable bonds is 3. The number of anilines is 1. The van der Waals surface area contributed by atoms with Gasteiger partial charge in [-0.15, -0.1) is 0 Å². The average molecular weight is 231 g/mol. The second kappa shape index (κ2) is 3.39. The number of imidazole rings is 1. The van der Waals surface area contributed by atoms with Crippen LogP contribution in [-0.4, -0.2) is 16.0 Å². The maximum atomic E-state index is 11.2. The largest absolute Gasteiger partial charge is 0.382 e. The van der Waals surface area contributed by atoms with Gasteiger partial charge in [0.05, 0.1) is 11.0 Å². The van der Waals surface area contributed by atoms with Gasteiger partial charge in [-0.05, 0) is 43.4 Å². The molecule has 0 aliphatic heterocycles. The monoisotopic (exact) mass is 231 g/mol. The zero-order valence-corrected chi connectivity index (χ0v) is 10.1. The molecule has 1 fully saturated rings. The Kier molecular flexibility index (Phi) is 2.08. The molecule has 3 rings (SSSR count). The fraction of sp³-hybridized carbons (Fsp3) is 0.462. The zero-order chi connectivity index (χ0) is 12.0. The van der Waals surface area contributed by atoms with Crippen LogP contribution in [0.4, 0.5) is 5.69 Å². The highest BCUT2D eigenvalue weighted by molar-refractivity contribution is 5.78. The molecule has 0 saturated heterocycles. The van der Waals surface area contributed by atoms with Gasteiger partial charge >= 0.3 is 5.69 Å². The molecule has 1 aromatic carbocycles. The van der Waals surface area contributed by atoms with Crippen LogP contribution in [0.5, 0.6) is 0 Å². The van der Waals surface area contributed by atoms with Crippen molar-refractivity contribution in [3.8, 4) is 0 Å². The third kappa shape index (κ3) is 1.84. The zero-order valence-electron chi connectivity index (χ0n) is 10.1. The lowest BCUT2D eigenvalue weighted by atomic mass is 10.0. The third-order valence-electron chi connectivity index (χ3n) is 3.98. The highest BCUT2D eigenvalue weighted by Gasteiger charge is 2.42. The topological polar surface area (TPSA) is 60.7 Å². The van der Waals surface area contributed by atoms with Crippen LogP contribution in [0, 0.1) is 5.41 Å². The summed E-state index contributed by atoms with van der Waals surface area (Å²) in [6.07, 6.45) is 2.59. The van der Waals surface area contributed by atoms with E-state index in [2.05, 4.69) is 29.1 Å². The van der Waals surface area contributed by atoms with Crippen molar-refractivity contribution < 1.29 is 0 Å². The Bertz CT molecular complexity index is 606. The van der Waals surface area contributed by atoms with E-state index in [9.17, 15) is 4.79 Å². The second-order valence-electron chi connectivity index (χ2n) is 5.36. The molecule has 2 aromatic rings. The SMILES string of the molecule is CC(Nc1ccc2[nH]c(=O)[nH]c2c1)C1(C)CC1. The van der Waals surface area contributed by atoms with E-state index in [4.69, 9.17) is 0 Å². The fourth-order valence-electron chi connectivity index (χ4n) is 2.18. The highest BCUT2D eigenvalue weighted by atomic mass is 16.1. The van der Waals surface area contributed by atoms with Gasteiger partial charge in [0.1, 0.15) is 0 Å². The number of aromatic nitrogens is 2. The van der Waals surface area contributed by atoms with E-state index >= 15 is 0 Å². The van der Waals surface area contributed by atoms with E-state index in [0.717, 1.165) is 16.7 Å². The predicted molar refractivity (Wildman–Crippen MR) is 69.3 cm³/mol. The lowest BCUT2D eigenvalue weighted by Gasteiger charge is -2.21. The van der Waals surface area contributed by atoms with Crippen LogP contribution in [0.2, 0.25) is 0 Å². The first-order valence-corrected chi connectivity index (χ1v) is 6.05. The van der Waals surface area contributed by atoms with Crippen molar-refractivity contribution in [3.05, 3.63) is 28.7 Å². The van der Waals surface area contributed by atoms with Crippen molar-refractivity contribution in [1.82, 2.24) is 9.97 Å². The number of hydrogen-bond donors (Lipinski definition) is 3. The van der Waals surface area contributed by atoms with Gasteiger partial charge in [-0.2, -0.15) is 0 Å². The van der Waals surface area contributed by atoms with Crippen LogP contribution in [0.3, 0.4) is 0 Å². The van der Waals surface area contributed by atoms with E-state index in [0.29, 0.717) is 11.5 Å².